The van der Waals surface area contributed by atoms with Gasteiger partial charge in [0.15, 0.2) is 5.96 Å². The number of hydrogen-bond acceptors (Lipinski definition) is 3. The third-order valence-corrected chi connectivity index (χ3v) is 5.97. The molecule has 29 heavy (non-hydrogen) atoms. The number of guanidine groups is 1. The second-order valence-corrected chi connectivity index (χ2v) is 8.09. The van der Waals surface area contributed by atoms with Gasteiger partial charge < -0.3 is 15.5 Å². The van der Waals surface area contributed by atoms with Crippen LogP contribution in [-0.4, -0.2) is 53.4 Å². The minimum atomic E-state index is 0. The van der Waals surface area contributed by atoms with Crippen LogP contribution >= 0.6 is 24.0 Å². The predicted octanol–water partition coefficient (Wildman–Crippen LogP) is 3.42. The van der Waals surface area contributed by atoms with E-state index in [0.29, 0.717) is 6.04 Å². The SMILES string of the molecule is CN=C(NCc1cccc(-n2cccn2)c1)NC1CCN(CC2CCCC2)C1.I. The molecule has 1 aliphatic heterocycles. The van der Waals surface area contributed by atoms with Crippen LogP contribution in [0.25, 0.3) is 5.69 Å². The van der Waals surface area contributed by atoms with Crippen LogP contribution in [0.2, 0.25) is 0 Å². The second kappa shape index (κ2) is 11.0. The third kappa shape index (κ3) is 6.18. The van der Waals surface area contributed by atoms with Crippen LogP contribution in [-0.2, 0) is 6.54 Å². The molecule has 0 amide bonds. The van der Waals surface area contributed by atoms with E-state index in [1.807, 2.05) is 24.0 Å². The zero-order valence-electron chi connectivity index (χ0n) is 17.3. The van der Waals surface area contributed by atoms with Gasteiger partial charge in [0.05, 0.1) is 5.69 Å². The number of likely N-dealkylation sites (tertiary alicyclic amines) is 1. The van der Waals surface area contributed by atoms with E-state index < -0.39 is 0 Å². The van der Waals surface area contributed by atoms with Crippen LogP contribution < -0.4 is 10.6 Å². The highest BCUT2D eigenvalue weighted by molar-refractivity contribution is 14.0. The molecule has 1 aliphatic carbocycles. The molecule has 1 atom stereocenters. The van der Waals surface area contributed by atoms with Crippen LogP contribution in [0.15, 0.2) is 47.7 Å². The lowest BCUT2D eigenvalue weighted by atomic mass is 10.1. The molecule has 2 N–H and O–H groups in total. The molecule has 1 aromatic heterocycles. The van der Waals surface area contributed by atoms with E-state index in [2.05, 4.69) is 49.9 Å². The van der Waals surface area contributed by atoms with Gasteiger partial charge in [-0.3, -0.25) is 4.99 Å². The topological polar surface area (TPSA) is 57.5 Å². The summed E-state index contributed by atoms with van der Waals surface area (Å²) in [5.41, 5.74) is 2.29. The van der Waals surface area contributed by atoms with E-state index in [9.17, 15) is 0 Å². The Morgan fingerprint density at radius 2 is 2.07 bits per heavy atom. The first-order chi connectivity index (χ1) is 13.8. The van der Waals surface area contributed by atoms with Crippen LogP contribution in [0.5, 0.6) is 0 Å². The summed E-state index contributed by atoms with van der Waals surface area (Å²) in [6.07, 6.45) is 10.7. The zero-order valence-corrected chi connectivity index (χ0v) is 19.6. The Morgan fingerprint density at radius 1 is 1.21 bits per heavy atom. The first-order valence-electron chi connectivity index (χ1n) is 10.6. The molecule has 1 saturated carbocycles. The van der Waals surface area contributed by atoms with Crippen LogP contribution in [0.3, 0.4) is 0 Å². The summed E-state index contributed by atoms with van der Waals surface area (Å²) >= 11 is 0. The highest BCUT2D eigenvalue weighted by Gasteiger charge is 2.26. The monoisotopic (exact) mass is 508 g/mol. The molecular formula is C22H33IN6. The molecule has 1 saturated heterocycles. The van der Waals surface area contributed by atoms with Gasteiger partial charge >= 0.3 is 0 Å². The van der Waals surface area contributed by atoms with Crippen molar-refractivity contribution in [3.05, 3.63) is 48.3 Å². The maximum Gasteiger partial charge on any atom is 0.191 e. The number of halogens is 1. The van der Waals surface area contributed by atoms with E-state index in [0.717, 1.165) is 30.7 Å². The number of aliphatic imine (C=N–C) groups is 1. The minimum Gasteiger partial charge on any atom is -0.352 e. The van der Waals surface area contributed by atoms with Gasteiger partial charge in [0, 0.05) is 51.7 Å². The van der Waals surface area contributed by atoms with Crippen molar-refractivity contribution in [1.82, 2.24) is 25.3 Å². The van der Waals surface area contributed by atoms with Gasteiger partial charge in [-0.05, 0) is 48.9 Å². The Kier molecular flexibility index (Phi) is 8.35. The largest absolute Gasteiger partial charge is 0.352 e. The average molecular weight is 508 g/mol. The molecule has 158 valence electrons. The summed E-state index contributed by atoms with van der Waals surface area (Å²) in [6.45, 7) is 4.36. The Hall–Kier alpha value is -1.61. The van der Waals surface area contributed by atoms with Gasteiger partial charge in [0.25, 0.3) is 0 Å². The fraction of sp³-hybridized carbons (Fsp3) is 0.545. The standard InChI is InChI=1S/C22H32N6.HI/c1-23-22(26-20-10-13-27(17-20)16-18-6-2-3-7-18)24-15-19-8-4-9-21(14-19)28-12-5-11-25-28;/h4-5,8-9,11-12,14,18,20H,2-3,6-7,10,13,15-17H2,1H3,(H2,23,24,26);1H. The average Bonchev–Trinajstić information content (AvgIpc) is 3.49. The Labute approximate surface area is 191 Å². The Balaban J connectivity index is 0.00000240. The number of nitrogens with zero attached hydrogens (tertiary/aromatic N) is 4. The van der Waals surface area contributed by atoms with Gasteiger partial charge in [-0.2, -0.15) is 5.10 Å². The molecule has 0 radical (unpaired) electrons. The molecular weight excluding hydrogens is 475 g/mol. The molecule has 0 spiro atoms. The Morgan fingerprint density at radius 3 is 2.83 bits per heavy atom. The second-order valence-electron chi connectivity index (χ2n) is 8.09. The molecule has 1 unspecified atom stereocenters. The fourth-order valence-corrected chi connectivity index (χ4v) is 4.48. The lowest BCUT2D eigenvalue weighted by Gasteiger charge is -2.21. The van der Waals surface area contributed by atoms with E-state index >= 15 is 0 Å². The Bertz CT molecular complexity index is 769. The summed E-state index contributed by atoms with van der Waals surface area (Å²) in [5.74, 6) is 1.82. The number of aromatic nitrogens is 2. The summed E-state index contributed by atoms with van der Waals surface area (Å²) in [6, 6.07) is 10.9. The summed E-state index contributed by atoms with van der Waals surface area (Å²) in [5, 5.41) is 11.4. The first-order valence-corrected chi connectivity index (χ1v) is 10.6. The maximum atomic E-state index is 4.43. The summed E-state index contributed by atoms with van der Waals surface area (Å²) < 4.78 is 1.88. The molecule has 4 rings (SSSR count). The summed E-state index contributed by atoms with van der Waals surface area (Å²) in [4.78, 5) is 7.06. The van der Waals surface area contributed by atoms with Crippen molar-refractivity contribution in [2.45, 2.75) is 44.7 Å². The van der Waals surface area contributed by atoms with Crippen molar-refractivity contribution in [2.24, 2.45) is 10.9 Å². The van der Waals surface area contributed by atoms with Crippen molar-refractivity contribution >= 4 is 29.9 Å². The van der Waals surface area contributed by atoms with Crippen molar-refractivity contribution in [3.63, 3.8) is 0 Å². The summed E-state index contributed by atoms with van der Waals surface area (Å²) in [7, 11) is 1.85. The smallest absolute Gasteiger partial charge is 0.191 e. The molecule has 6 nitrogen and oxygen atoms in total. The van der Waals surface area contributed by atoms with Crippen molar-refractivity contribution in [3.8, 4) is 5.69 Å². The van der Waals surface area contributed by atoms with Gasteiger partial charge in [-0.1, -0.05) is 25.0 Å². The van der Waals surface area contributed by atoms with E-state index in [4.69, 9.17) is 0 Å². The molecule has 7 heteroatoms. The number of rotatable bonds is 6. The van der Waals surface area contributed by atoms with Crippen LogP contribution in [0.1, 0.15) is 37.7 Å². The molecule has 2 aromatic rings. The molecule has 2 heterocycles. The molecule has 2 aliphatic rings. The highest BCUT2D eigenvalue weighted by atomic mass is 127. The van der Waals surface area contributed by atoms with Crippen molar-refractivity contribution in [2.75, 3.05) is 26.7 Å². The van der Waals surface area contributed by atoms with Gasteiger partial charge in [-0.15, -0.1) is 24.0 Å². The quantitative estimate of drug-likeness (QED) is 0.357. The lowest BCUT2D eigenvalue weighted by molar-refractivity contribution is 0.275. The zero-order chi connectivity index (χ0) is 19.2. The number of nitrogens with one attached hydrogen (secondary N) is 2. The normalized spacial score (nSPS) is 20.6. The third-order valence-electron chi connectivity index (χ3n) is 5.97. The fourth-order valence-electron chi connectivity index (χ4n) is 4.48. The minimum absolute atomic E-state index is 0. The maximum absolute atomic E-state index is 4.43. The first kappa shape index (κ1) is 22.1. The molecule has 0 bridgehead atoms. The molecule has 2 fully saturated rings. The molecule has 1 aromatic carbocycles. The van der Waals surface area contributed by atoms with Crippen LogP contribution in [0, 0.1) is 5.92 Å². The van der Waals surface area contributed by atoms with Crippen molar-refractivity contribution in [1.29, 1.82) is 0 Å². The van der Waals surface area contributed by atoms with Crippen LogP contribution in [0.4, 0.5) is 0 Å². The number of benzene rings is 1. The predicted molar refractivity (Wildman–Crippen MR) is 129 cm³/mol. The van der Waals surface area contributed by atoms with Gasteiger partial charge in [0.1, 0.15) is 0 Å². The van der Waals surface area contributed by atoms with E-state index in [1.165, 1.54) is 50.8 Å². The van der Waals surface area contributed by atoms with E-state index in [1.54, 1.807) is 6.20 Å². The van der Waals surface area contributed by atoms with Crippen molar-refractivity contribution < 1.29 is 0 Å². The van der Waals surface area contributed by atoms with Gasteiger partial charge in [0.2, 0.25) is 0 Å². The number of hydrogen-bond donors (Lipinski definition) is 2. The highest BCUT2D eigenvalue weighted by Crippen LogP contribution is 2.26. The van der Waals surface area contributed by atoms with E-state index in [-0.39, 0.29) is 24.0 Å². The lowest BCUT2D eigenvalue weighted by Crippen LogP contribution is -2.44. The van der Waals surface area contributed by atoms with Gasteiger partial charge in [-0.25, -0.2) is 4.68 Å².